The molecule has 1 rings (SSSR count). The third-order valence-electron chi connectivity index (χ3n) is 2.85. The Morgan fingerprint density at radius 3 is 2.67 bits per heavy atom. The van der Waals surface area contributed by atoms with E-state index in [-0.39, 0.29) is 0 Å². The molecule has 0 spiro atoms. The molecule has 0 aromatic rings. The van der Waals surface area contributed by atoms with E-state index in [4.69, 9.17) is 0 Å². The van der Waals surface area contributed by atoms with Gasteiger partial charge in [-0.2, -0.15) is 0 Å². The van der Waals surface area contributed by atoms with Crippen molar-refractivity contribution >= 4 is 0 Å². The highest BCUT2D eigenvalue weighted by molar-refractivity contribution is 5.01. The molecule has 0 nitrogen and oxygen atoms in total. The molecule has 12 heavy (non-hydrogen) atoms. The van der Waals surface area contributed by atoms with Crippen LogP contribution in [0.4, 0.5) is 0 Å². The Balaban J connectivity index is 2.40. The van der Waals surface area contributed by atoms with E-state index in [1.165, 1.54) is 25.7 Å². The Kier molecular flexibility index (Phi) is 4.22. The first-order valence-electron chi connectivity index (χ1n) is 5.28. The van der Waals surface area contributed by atoms with Gasteiger partial charge < -0.3 is 0 Å². The monoisotopic (exact) mass is 164 g/mol. The van der Waals surface area contributed by atoms with Crippen LogP contribution < -0.4 is 0 Å². The zero-order valence-electron chi connectivity index (χ0n) is 8.40. The van der Waals surface area contributed by atoms with Crippen LogP contribution in [0.3, 0.4) is 0 Å². The van der Waals surface area contributed by atoms with Crippen LogP contribution in [0.5, 0.6) is 0 Å². The smallest absolute Gasteiger partial charge is 0.0117 e. The van der Waals surface area contributed by atoms with Crippen molar-refractivity contribution < 1.29 is 0 Å². The first-order chi connectivity index (χ1) is 5.83. The van der Waals surface area contributed by atoms with E-state index in [9.17, 15) is 0 Å². The molecule has 0 fully saturated rings. The van der Waals surface area contributed by atoms with Crippen molar-refractivity contribution in [3.63, 3.8) is 0 Å². The minimum absolute atomic E-state index is 0.827. The van der Waals surface area contributed by atoms with Gasteiger partial charge >= 0.3 is 0 Å². The Labute approximate surface area is 76.7 Å². The summed E-state index contributed by atoms with van der Waals surface area (Å²) in [6, 6.07) is 0. The van der Waals surface area contributed by atoms with Crippen molar-refractivity contribution in [3.8, 4) is 11.8 Å². The molecule has 0 saturated heterocycles. The lowest BCUT2D eigenvalue weighted by atomic mass is 9.94. The summed E-state index contributed by atoms with van der Waals surface area (Å²) in [7, 11) is 0. The third-order valence-corrected chi connectivity index (χ3v) is 2.85. The Bertz CT molecular complexity index is 170. The van der Waals surface area contributed by atoms with Gasteiger partial charge in [0.2, 0.25) is 0 Å². The average molecular weight is 164 g/mol. The highest BCUT2D eigenvalue weighted by Gasteiger charge is 2.08. The SMILES string of the molecule is CCC1CC#CCC(C)CCC1. The van der Waals surface area contributed by atoms with Gasteiger partial charge in [0, 0.05) is 12.8 Å². The minimum Gasteiger partial charge on any atom is -0.103 e. The second-order valence-corrected chi connectivity index (χ2v) is 4.07. The van der Waals surface area contributed by atoms with E-state index in [2.05, 4.69) is 25.7 Å². The first kappa shape index (κ1) is 9.65. The molecular formula is C12H20. The van der Waals surface area contributed by atoms with E-state index in [1.807, 2.05) is 0 Å². The molecule has 0 aromatic heterocycles. The van der Waals surface area contributed by atoms with E-state index in [0.29, 0.717) is 0 Å². The molecule has 68 valence electrons. The zero-order chi connectivity index (χ0) is 8.81. The highest BCUT2D eigenvalue weighted by atomic mass is 14.1. The van der Waals surface area contributed by atoms with Crippen molar-refractivity contribution in [3.05, 3.63) is 0 Å². The lowest BCUT2D eigenvalue weighted by Crippen LogP contribution is -1.98. The van der Waals surface area contributed by atoms with Crippen LogP contribution in [0, 0.1) is 23.7 Å². The van der Waals surface area contributed by atoms with E-state index < -0.39 is 0 Å². The topological polar surface area (TPSA) is 0 Å². The summed E-state index contributed by atoms with van der Waals surface area (Å²) in [5, 5.41) is 0. The molecule has 1 aliphatic carbocycles. The molecule has 0 aliphatic heterocycles. The molecule has 0 heterocycles. The third kappa shape index (κ3) is 3.30. The quantitative estimate of drug-likeness (QED) is 0.519. The predicted molar refractivity (Wildman–Crippen MR) is 53.8 cm³/mol. The summed E-state index contributed by atoms with van der Waals surface area (Å²) in [4.78, 5) is 0. The van der Waals surface area contributed by atoms with Crippen LogP contribution in [0.2, 0.25) is 0 Å². The summed E-state index contributed by atoms with van der Waals surface area (Å²) in [6.45, 7) is 4.61. The van der Waals surface area contributed by atoms with Gasteiger partial charge in [-0.25, -0.2) is 0 Å². The molecule has 0 aromatic carbocycles. The van der Waals surface area contributed by atoms with E-state index in [1.54, 1.807) is 0 Å². The molecule has 0 amide bonds. The second kappa shape index (κ2) is 5.25. The maximum absolute atomic E-state index is 3.31. The zero-order valence-corrected chi connectivity index (χ0v) is 8.40. The van der Waals surface area contributed by atoms with E-state index in [0.717, 1.165) is 24.7 Å². The van der Waals surface area contributed by atoms with Crippen LogP contribution >= 0.6 is 0 Å². The average Bonchev–Trinajstić information content (AvgIpc) is 2.17. The van der Waals surface area contributed by atoms with Crippen LogP contribution in [0.1, 0.15) is 52.4 Å². The molecule has 0 bridgehead atoms. The van der Waals surface area contributed by atoms with Gasteiger partial charge in [-0.15, -0.1) is 11.8 Å². The van der Waals surface area contributed by atoms with Crippen molar-refractivity contribution in [2.75, 3.05) is 0 Å². The normalized spacial score (nSPS) is 30.8. The van der Waals surface area contributed by atoms with Crippen LogP contribution in [-0.4, -0.2) is 0 Å². The van der Waals surface area contributed by atoms with Crippen molar-refractivity contribution in [2.24, 2.45) is 11.8 Å². The fraction of sp³-hybridized carbons (Fsp3) is 0.833. The fourth-order valence-corrected chi connectivity index (χ4v) is 1.77. The summed E-state index contributed by atoms with van der Waals surface area (Å²) in [6.07, 6.45) is 7.76. The Morgan fingerprint density at radius 1 is 1.17 bits per heavy atom. The largest absolute Gasteiger partial charge is 0.103 e. The van der Waals surface area contributed by atoms with Gasteiger partial charge in [-0.3, -0.25) is 0 Å². The maximum atomic E-state index is 3.31. The molecule has 0 saturated carbocycles. The second-order valence-electron chi connectivity index (χ2n) is 4.07. The summed E-state index contributed by atoms with van der Waals surface area (Å²) < 4.78 is 0. The molecular weight excluding hydrogens is 144 g/mol. The highest BCUT2D eigenvalue weighted by Crippen LogP contribution is 2.20. The fourth-order valence-electron chi connectivity index (χ4n) is 1.77. The Morgan fingerprint density at radius 2 is 1.92 bits per heavy atom. The lowest BCUT2D eigenvalue weighted by molar-refractivity contribution is 0.426. The molecule has 2 unspecified atom stereocenters. The molecule has 0 radical (unpaired) electrons. The van der Waals surface area contributed by atoms with Gasteiger partial charge in [0.25, 0.3) is 0 Å². The van der Waals surface area contributed by atoms with Crippen molar-refractivity contribution in [1.29, 1.82) is 0 Å². The first-order valence-corrected chi connectivity index (χ1v) is 5.28. The maximum Gasteiger partial charge on any atom is 0.0117 e. The summed E-state index contributed by atoms with van der Waals surface area (Å²) in [5.74, 6) is 8.30. The van der Waals surface area contributed by atoms with Gasteiger partial charge in [0.05, 0.1) is 0 Å². The van der Waals surface area contributed by atoms with Crippen molar-refractivity contribution in [1.82, 2.24) is 0 Å². The number of hydrogen-bond acceptors (Lipinski definition) is 0. The van der Waals surface area contributed by atoms with Crippen molar-refractivity contribution in [2.45, 2.75) is 52.4 Å². The van der Waals surface area contributed by atoms with Gasteiger partial charge in [-0.05, 0) is 24.7 Å². The van der Waals surface area contributed by atoms with E-state index >= 15 is 0 Å². The lowest BCUT2D eigenvalue weighted by Gasteiger charge is -2.11. The van der Waals surface area contributed by atoms with Crippen LogP contribution in [0.15, 0.2) is 0 Å². The van der Waals surface area contributed by atoms with Gasteiger partial charge in [0.15, 0.2) is 0 Å². The van der Waals surface area contributed by atoms with Gasteiger partial charge in [0.1, 0.15) is 0 Å². The molecule has 0 N–H and O–H groups in total. The van der Waals surface area contributed by atoms with Crippen LogP contribution in [0.25, 0.3) is 0 Å². The minimum atomic E-state index is 0.827. The molecule has 0 heteroatoms. The summed E-state index contributed by atoms with van der Waals surface area (Å²) in [5.41, 5.74) is 0. The van der Waals surface area contributed by atoms with Gasteiger partial charge in [-0.1, -0.05) is 26.7 Å². The number of rotatable bonds is 1. The molecule has 2 atom stereocenters. The van der Waals surface area contributed by atoms with Crippen LogP contribution in [-0.2, 0) is 0 Å². The predicted octanol–water partition coefficient (Wildman–Crippen LogP) is 3.62. The standard InChI is InChI=1S/C12H20/c1-3-12-9-5-4-7-11(2)8-6-10-12/h11-12H,3,6-10H2,1-2H3. The number of hydrogen-bond donors (Lipinski definition) is 0. The molecule has 1 aliphatic rings. The summed E-state index contributed by atoms with van der Waals surface area (Å²) >= 11 is 0. The Hall–Kier alpha value is -0.440.